The van der Waals surface area contributed by atoms with Crippen molar-refractivity contribution < 1.29 is 4.79 Å². The van der Waals surface area contributed by atoms with Crippen LogP contribution in [0.5, 0.6) is 0 Å². The molecule has 0 spiro atoms. The van der Waals surface area contributed by atoms with Crippen LogP contribution in [0.4, 0.5) is 10.8 Å². The standard InChI is InChI=1S/C13H17N5OS/c1-3-7-14-9-5-6-10(15-8-9)12(19)16-13-18-17-11(4-2)20-13/h5-6,8,14H,3-4,7H2,1-2H3,(H,16,18,19). The maximum Gasteiger partial charge on any atom is 0.276 e. The van der Waals surface area contributed by atoms with Gasteiger partial charge < -0.3 is 5.32 Å². The lowest BCUT2D eigenvalue weighted by Crippen LogP contribution is -2.13. The first kappa shape index (κ1) is 14.4. The van der Waals surface area contributed by atoms with Gasteiger partial charge in [-0.25, -0.2) is 4.98 Å². The smallest absolute Gasteiger partial charge is 0.276 e. The molecule has 0 bridgehead atoms. The normalized spacial score (nSPS) is 10.3. The van der Waals surface area contributed by atoms with Gasteiger partial charge >= 0.3 is 0 Å². The fraction of sp³-hybridized carbons (Fsp3) is 0.385. The number of nitrogens with one attached hydrogen (secondary N) is 2. The first-order valence-electron chi connectivity index (χ1n) is 6.56. The summed E-state index contributed by atoms with van der Waals surface area (Å²) >= 11 is 1.38. The van der Waals surface area contributed by atoms with Gasteiger partial charge in [0.25, 0.3) is 5.91 Å². The molecule has 2 N–H and O–H groups in total. The van der Waals surface area contributed by atoms with Crippen molar-refractivity contribution in [2.45, 2.75) is 26.7 Å². The molecule has 7 heteroatoms. The Morgan fingerprint density at radius 2 is 2.15 bits per heavy atom. The van der Waals surface area contributed by atoms with Crippen LogP contribution in [0, 0.1) is 0 Å². The van der Waals surface area contributed by atoms with Crippen LogP contribution in [0.25, 0.3) is 0 Å². The molecular weight excluding hydrogens is 274 g/mol. The molecule has 0 unspecified atom stereocenters. The molecule has 2 aromatic heterocycles. The van der Waals surface area contributed by atoms with Crippen LogP contribution >= 0.6 is 11.3 Å². The van der Waals surface area contributed by atoms with Crippen molar-refractivity contribution in [3.8, 4) is 0 Å². The number of carbonyl (C=O) groups excluding carboxylic acids is 1. The number of carbonyl (C=O) groups is 1. The summed E-state index contributed by atoms with van der Waals surface area (Å²) < 4.78 is 0. The van der Waals surface area contributed by atoms with Crippen molar-refractivity contribution in [3.05, 3.63) is 29.0 Å². The SMILES string of the molecule is CCCNc1ccc(C(=O)Nc2nnc(CC)s2)nc1. The number of aromatic nitrogens is 3. The highest BCUT2D eigenvalue weighted by molar-refractivity contribution is 7.15. The average molecular weight is 291 g/mol. The number of aryl methyl sites for hydroxylation is 1. The maximum atomic E-state index is 12.0. The van der Waals surface area contributed by atoms with Gasteiger partial charge in [0, 0.05) is 6.54 Å². The number of nitrogens with zero attached hydrogens (tertiary/aromatic N) is 3. The Balaban J connectivity index is 1.98. The maximum absolute atomic E-state index is 12.0. The molecule has 0 aliphatic rings. The number of hydrogen-bond acceptors (Lipinski definition) is 6. The summed E-state index contributed by atoms with van der Waals surface area (Å²) in [6.45, 7) is 4.97. The summed E-state index contributed by atoms with van der Waals surface area (Å²) in [5.74, 6) is -0.272. The summed E-state index contributed by atoms with van der Waals surface area (Å²) in [5.41, 5.74) is 1.27. The van der Waals surface area contributed by atoms with E-state index < -0.39 is 0 Å². The molecule has 0 aliphatic carbocycles. The average Bonchev–Trinajstić information content (AvgIpc) is 2.93. The van der Waals surface area contributed by atoms with Crippen molar-refractivity contribution in [2.24, 2.45) is 0 Å². The quantitative estimate of drug-likeness (QED) is 0.855. The van der Waals surface area contributed by atoms with Gasteiger partial charge in [-0.2, -0.15) is 0 Å². The zero-order valence-electron chi connectivity index (χ0n) is 11.5. The molecule has 0 fully saturated rings. The monoisotopic (exact) mass is 291 g/mol. The Labute approximate surface area is 121 Å². The highest BCUT2D eigenvalue weighted by Gasteiger charge is 2.10. The minimum atomic E-state index is -0.272. The highest BCUT2D eigenvalue weighted by Crippen LogP contribution is 2.16. The van der Waals surface area contributed by atoms with Crippen LogP contribution in [0.1, 0.15) is 35.8 Å². The van der Waals surface area contributed by atoms with Crippen molar-refractivity contribution >= 4 is 28.1 Å². The Kier molecular flexibility index (Phi) is 5.00. The number of pyridine rings is 1. The molecule has 2 aromatic rings. The lowest BCUT2D eigenvalue weighted by Gasteiger charge is -2.05. The molecule has 6 nitrogen and oxygen atoms in total. The number of anilines is 2. The lowest BCUT2D eigenvalue weighted by atomic mass is 10.3. The molecule has 0 atom stereocenters. The second-order valence-electron chi connectivity index (χ2n) is 4.17. The predicted molar refractivity (Wildman–Crippen MR) is 80.3 cm³/mol. The van der Waals surface area contributed by atoms with Gasteiger partial charge in [0.1, 0.15) is 10.7 Å². The summed E-state index contributed by atoms with van der Waals surface area (Å²) in [6, 6.07) is 3.53. The Morgan fingerprint density at radius 3 is 2.75 bits per heavy atom. The molecule has 0 radical (unpaired) electrons. The van der Waals surface area contributed by atoms with Gasteiger partial charge in [0.15, 0.2) is 0 Å². The minimum absolute atomic E-state index is 0.272. The van der Waals surface area contributed by atoms with Gasteiger partial charge in [-0.1, -0.05) is 25.2 Å². The van der Waals surface area contributed by atoms with Gasteiger partial charge in [-0.3, -0.25) is 10.1 Å². The van der Waals surface area contributed by atoms with E-state index in [1.165, 1.54) is 11.3 Å². The van der Waals surface area contributed by atoms with E-state index in [0.29, 0.717) is 10.8 Å². The zero-order valence-corrected chi connectivity index (χ0v) is 12.3. The van der Waals surface area contributed by atoms with E-state index in [-0.39, 0.29) is 5.91 Å². The molecule has 20 heavy (non-hydrogen) atoms. The van der Waals surface area contributed by atoms with Gasteiger partial charge in [0.2, 0.25) is 5.13 Å². The van der Waals surface area contributed by atoms with E-state index in [4.69, 9.17) is 0 Å². The van der Waals surface area contributed by atoms with Crippen LogP contribution in [0.2, 0.25) is 0 Å². The largest absolute Gasteiger partial charge is 0.384 e. The molecule has 0 aromatic carbocycles. The fourth-order valence-corrected chi connectivity index (χ4v) is 2.18. The Hall–Kier alpha value is -2.02. The second kappa shape index (κ2) is 6.95. The second-order valence-corrected chi connectivity index (χ2v) is 5.23. The number of rotatable bonds is 6. The van der Waals surface area contributed by atoms with E-state index >= 15 is 0 Å². The summed E-state index contributed by atoms with van der Waals surface area (Å²) in [4.78, 5) is 16.1. The van der Waals surface area contributed by atoms with E-state index in [1.54, 1.807) is 12.3 Å². The van der Waals surface area contributed by atoms with E-state index in [1.807, 2.05) is 13.0 Å². The first-order valence-corrected chi connectivity index (χ1v) is 7.38. The van der Waals surface area contributed by atoms with Crippen molar-refractivity contribution in [1.82, 2.24) is 15.2 Å². The number of amides is 1. The molecular formula is C13H17N5OS. The van der Waals surface area contributed by atoms with Crippen LogP contribution in [-0.2, 0) is 6.42 Å². The number of hydrogen-bond donors (Lipinski definition) is 2. The third-order valence-electron chi connectivity index (χ3n) is 2.57. The summed E-state index contributed by atoms with van der Waals surface area (Å²) in [7, 11) is 0. The van der Waals surface area contributed by atoms with E-state index in [0.717, 1.165) is 30.1 Å². The van der Waals surface area contributed by atoms with Crippen LogP contribution < -0.4 is 10.6 Å². The molecule has 0 saturated carbocycles. The van der Waals surface area contributed by atoms with Crippen molar-refractivity contribution in [2.75, 3.05) is 17.2 Å². The topological polar surface area (TPSA) is 79.8 Å². The third kappa shape index (κ3) is 3.74. The van der Waals surface area contributed by atoms with Crippen LogP contribution in [0.15, 0.2) is 18.3 Å². The molecule has 106 valence electrons. The van der Waals surface area contributed by atoms with E-state index in [2.05, 4.69) is 32.7 Å². The molecule has 0 aliphatic heterocycles. The fourth-order valence-electron chi connectivity index (χ4n) is 1.51. The van der Waals surface area contributed by atoms with Gasteiger partial charge in [-0.15, -0.1) is 10.2 Å². The van der Waals surface area contributed by atoms with Crippen molar-refractivity contribution in [1.29, 1.82) is 0 Å². The zero-order chi connectivity index (χ0) is 14.4. The first-order chi connectivity index (χ1) is 9.72. The highest BCUT2D eigenvalue weighted by atomic mass is 32.1. The summed E-state index contributed by atoms with van der Waals surface area (Å²) in [5, 5.41) is 15.2. The molecule has 2 heterocycles. The Bertz CT molecular complexity index is 566. The molecule has 2 rings (SSSR count). The lowest BCUT2D eigenvalue weighted by molar-refractivity contribution is 0.102. The van der Waals surface area contributed by atoms with Crippen LogP contribution in [0.3, 0.4) is 0 Å². The van der Waals surface area contributed by atoms with E-state index in [9.17, 15) is 4.79 Å². The Morgan fingerprint density at radius 1 is 1.30 bits per heavy atom. The molecule has 0 saturated heterocycles. The molecule has 1 amide bonds. The van der Waals surface area contributed by atoms with Gasteiger partial charge in [-0.05, 0) is 25.0 Å². The van der Waals surface area contributed by atoms with Gasteiger partial charge in [0.05, 0.1) is 11.9 Å². The van der Waals surface area contributed by atoms with Crippen LogP contribution in [-0.4, -0.2) is 27.6 Å². The summed E-state index contributed by atoms with van der Waals surface area (Å²) in [6.07, 6.45) is 3.50. The minimum Gasteiger partial charge on any atom is -0.384 e. The third-order valence-corrected chi connectivity index (χ3v) is 3.55. The predicted octanol–water partition coefficient (Wildman–Crippen LogP) is 2.57. The van der Waals surface area contributed by atoms with Crippen molar-refractivity contribution in [3.63, 3.8) is 0 Å².